The Morgan fingerprint density at radius 2 is 2.18 bits per heavy atom. The molecular weight excluding hydrogens is 218 g/mol. The van der Waals surface area contributed by atoms with E-state index in [1.54, 1.807) is 0 Å². The molecule has 2 rings (SSSR count). The van der Waals surface area contributed by atoms with Gasteiger partial charge in [-0.25, -0.2) is 0 Å². The van der Waals surface area contributed by atoms with Crippen LogP contribution in [-0.4, -0.2) is 43.2 Å². The maximum atomic E-state index is 11.0. The molecule has 2 aliphatic rings. The first kappa shape index (κ1) is 13.3. The van der Waals surface area contributed by atoms with E-state index in [9.17, 15) is 5.11 Å². The molecule has 0 bridgehead atoms. The Bertz CT molecular complexity index is 251. The third-order valence-electron chi connectivity index (χ3n) is 4.53. The van der Waals surface area contributed by atoms with Crippen molar-refractivity contribution in [2.75, 3.05) is 26.4 Å². The SMILES string of the molecule is CCCC1CC(O)(C2(CN)CCOC2)CCO1. The second-order valence-electron chi connectivity index (χ2n) is 5.55. The first-order chi connectivity index (χ1) is 8.16. The Labute approximate surface area is 103 Å². The molecule has 2 saturated heterocycles. The topological polar surface area (TPSA) is 64.7 Å². The zero-order valence-corrected chi connectivity index (χ0v) is 10.8. The van der Waals surface area contributed by atoms with Crippen molar-refractivity contribution in [1.82, 2.24) is 0 Å². The summed E-state index contributed by atoms with van der Waals surface area (Å²) in [5.41, 5.74) is 4.98. The van der Waals surface area contributed by atoms with Gasteiger partial charge in [0.1, 0.15) is 0 Å². The molecule has 2 fully saturated rings. The van der Waals surface area contributed by atoms with Gasteiger partial charge >= 0.3 is 0 Å². The van der Waals surface area contributed by atoms with E-state index < -0.39 is 5.60 Å². The van der Waals surface area contributed by atoms with Crippen LogP contribution in [0.1, 0.15) is 39.0 Å². The average molecular weight is 243 g/mol. The number of nitrogens with two attached hydrogens (primary N) is 1. The largest absolute Gasteiger partial charge is 0.389 e. The summed E-state index contributed by atoms with van der Waals surface area (Å²) in [4.78, 5) is 0. The molecule has 3 unspecified atom stereocenters. The van der Waals surface area contributed by atoms with Gasteiger partial charge in [-0.05, 0) is 12.8 Å². The summed E-state index contributed by atoms with van der Waals surface area (Å²) in [6, 6.07) is 0. The summed E-state index contributed by atoms with van der Waals surface area (Å²) in [5, 5.41) is 11.0. The minimum Gasteiger partial charge on any atom is -0.389 e. The van der Waals surface area contributed by atoms with Crippen LogP contribution in [0.3, 0.4) is 0 Å². The van der Waals surface area contributed by atoms with Gasteiger partial charge in [-0.3, -0.25) is 0 Å². The lowest BCUT2D eigenvalue weighted by Gasteiger charge is -2.48. The van der Waals surface area contributed by atoms with E-state index in [-0.39, 0.29) is 11.5 Å². The van der Waals surface area contributed by atoms with Crippen molar-refractivity contribution >= 4 is 0 Å². The van der Waals surface area contributed by atoms with Gasteiger partial charge < -0.3 is 20.3 Å². The van der Waals surface area contributed by atoms with Crippen LogP contribution < -0.4 is 5.73 Å². The van der Waals surface area contributed by atoms with Crippen molar-refractivity contribution in [3.8, 4) is 0 Å². The quantitative estimate of drug-likeness (QED) is 0.775. The fourth-order valence-electron chi connectivity index (χ4n) is 3.25. The highest BCUT2D eigenvalue weighted by molar-refractivity contribution is 5.04. The molecule has 2 heterocycles. The molecular formula is C13H25NO3. The summed E-state index contributed by atoms with van der Waals surface area (Å²) in [6.45, 7) is 4.61. The highest BCUT2D eigenvalue weighted by atomic mass is 16.5. The van der Waals surface area contributed by atoms with Crippen LogP contribution in [0.2, 0.25) is 0 Å². The van der Waals surface area contributed by atoms with Gasteiger partial charge in [-0.15, -0.1) is 0 Å². The fourth-order valence-corrected chi connectivity index (χ4v) is 3.25. The van der Waals surface area contributed by atoms with Crippen LogP contribution in [0.25, 0.3) is 0 Å². The zero-order valence-electron chi connectivity index (χ0n) is 10.8. The van der Waals surface area contributed by atoms with Gasteiger partial charge in [0.2, 0.25) is 0 Å². The lowest BCUT2D eigenvalue weighted by atomic mass is 9.66. The molecule has 4 heteroatoms. The van der Waals surface area contributed by atoms with Gasteiger partial charge in [0.15, 0.2) is 0 Å². The summed E-state index contributed by atoms with van der Waals surface area (Å²) < 4.78 is 11.2. The molecule has 100 valence electrons. The molecule has 17 heavy (non-hydrogen) atoms. The van der Waals surface area contributed by atoms with E-state index in [2.05, 4.69) is 6.92 Å². The van der Waals surface area contributed by atoms with Crippen LogP contribution >= 0.6 is 0 Å². The highest BCUT2D eigenvalue weighted by Crippen LogP contribution is 2.46. The van der Waals surface area contributed by atoms with Crippen molar-refractivity contribution in [3.05, 3.63) is 0 Å². The normalized spacial score (nSPS) is 42.9. The predicted octanol–water partition coefficient (Wildman–Crippen LogP) is 1.06. The molecule has 0 aromatic heterocycles. The molecule has 2 aliphatic heterocycles. The van der Waals surface area contributed by atoms with E-state index in [0.29, 0.717) is 32.6 Å². The second kappa shape index (κ2) is 5.22. The third-order valence-corrected chi connectivity index (χ3v) is 4.53. The molecule has 0 aliphatic carbocycles. The molecule has 0 amide bonds. The van der Waals surface area contributed by atoms with Crippen LogP contribution in [0, 0.1) is 5.41 Å². The Balaban J connectivity index is 2.10. The van der Waals surface area contributed by atoms with Gasteiger partial charge in [-0.2, -0.15) is 0 Å². The molecule has 4 nitrogen and oxygen atoms in total. The van der Waals surface area contributed by atoms with Crippen molar-refractivity contribution in [1.29, 1.82) is 0 Å². The number of hydrogen-bond acceptors (Lipinski definition) is 4. The molecule has 0 spiro atoms. The Morgan fingerprint density at radius 1 is 1.35 bits per heavy atom. The summed E-state index contributed by atoms with van der Waals surface area (Å²) in [6.07, 6.45) is 4.56. The van der Waals surface area contributed by atoms with E-state index in [1.807, 2.05) is 0 Å². The van der Waals surface area contributed by atoms with Crippen molar-refractivity contribution in [3.63, 3.8) is 0 Å². The van der Waals surface area contributed by atoms with Crippen LogP contribution in [0.15, 0.2) is 0 Å². The fraction of sp³-hybridized carbons (Fsp3) is 1.00. The first-order valence-corrected chi connectivity index (χ1v) is 6.77. The molecule has 0 aromatic rings. The molecule has 3 N–H and O–H groups in total. The van der Waals surface area contributed by atoms with Crippen molar-refractivity contribution in [2.45, 2.75) is 50.7 Å². The standard InChI is InChI=1S/C13H25NO3/c1-2-3-11-8-13(15,5-7-17-11)12(9-14)4-6-16-10-12/h11,15H,2-10,14H2,1H3. The van der Waals surface area contributed by atoms with E-state index in [4.69, 9.17) is 15.2 Å². The Morgan fingerprint density at radius 3 is 2.76 bits per heavy atom. The summed E-state index contributed by atoms with van der Waals surface area (Å²) >= 11 is 0. The molecule has 0 radical (unpaired) electrons. The zero-order chi connectivity index (χ0) is 12.4. The summed E-state index contributed by atoms with van der Waals surface area (Å²) in [7, 11) is 0. The lowest BCUT2D eigenvalue weighted by Crippen LogP contribution is -2.57. The van der Waals surface area contributed by atoms with E-state index in [0.717, 1.165) is 25.9 Å². The van der Waals surface area contributed by atoms with Crippen LogP contribution in [0.4, 0.5) is 0 Å². The van der Waals surface area contributed by atoms with Crippen molar-refractivity contribution in [2.24, 2.45) is 11.1 Å². The van der Waals surface area contributed by atoms with Gasteiger partial charge in [0.25, 0.3) is 0 Å². The molecule has 0 aromatic carbocycles. The molecule has 3 atom stereocenters. The maximum Gasteiger partial charge on any atom is 0.0785 e. The minimum atomic E-state index is -0.698. The smallest absolute Gasteiger partial charge is 0.0785 e. The predicted molar refractivity (Wildman–Crippen MR) is 65.8 cm³/mol. The summed E-state index contributed by atoms with van der Waals surface area (Å²) in [5.74, 6) is 0. The van der Waals surface area contributed by atoms with Gasteiger partial charge in [0.05, 0.1) is 18.3 Å². The molecule has 0 saturated carbocycles. The second-order valence-corrected chi connectivity index (χ2v) is 5.55. The van der Waals surface area contributed by atoms with Crippen LogP contribution in [-0.2, 0) is 9.47 Å². The monoisotopic (exact) mass is 243 g/mol. The number of ether oxygens (including phenoxy) is 2. The minimum absolute atomic E-state index is 0.183. The van der Waals surface area contributed by atoms with Crippen molar-refractivity contribution < 1.29 is 14.6 Å². The first-order valence-electron chi connectivity index (χ1n) is 6.77. The highest BCUT2D eigenvalue weighted by Gasteiger charge is 2.53. The third kappa shape index (κ3) is 2.36. The van der Waals surface area contributed by atoms with Crippen LogP contribution in [0.5, 0.6) is 0 Å². The van der Waals surface area contributed by atoms with E-state index in [1.165, 1.54) is 0 Å². The Hall–Kier alpha value is -0.160. The number of rotatable bonds is 4. The van der Waals surface area contributed by atoms with Gasteiger partial charge in [-0.1, -0.05) is 13.3 Å². The van der Waals surface area contributed by atoms with E-state index >= 15 is 0 Å². The number of aliphatic hydroxyl groups is 1. The average Bonchev–Trinajstić information content (AvgIpc) is 2.80. The lowest BCUT2D eigenvalue weighted by molar-refractivity contribution is -0.166. The van der Waals surface area contributed by atoms with Gasteiger partial charge in [0, 0.05) is 38.0 Å². The maximum absolute atomic E-state index is 11.0. The Kier molecular flexibility index (Phi) is 4.08. The number of hydrogen-bond donors (Lipinski definition) is 2.